The van der Waals surface area contributed by atoms with Crippen LogP contribution in [0.2, 0.25) is 0 Å². The molecular formula is C27H38N2O2. The first kappa shape index (κ1) is 22.0. The van der Waals surface area contributed by atoms with E-state index in [9.17, 15) is 5.11 Å². The monoisotopic (exact) mass is 422 g/mol. The van der Waals surface area contributed by atoms with E-state index in [0.717, 1.165) is 36.3 Å². The maximum absolute atomic E-state index is 11.2. The Labute approximate surface area is 187 Å². The van der Waals surface area contributed by atoms with Gasteiger partial charge in [0.1, 0.15) is 17.1 Å². The first-order valence-corrected chi connectivity index (χ1v) is 12.0. The number of unbranched alkanes of at least 4 members (excludes halogenated alkanes) is 3. The first-order valence-electron chi connectivity index (χ1n) is 12.0. The quantitative estimate of drug-likeness (QED) is 0.467. The Morgan fingerprint density at radius 2 is 2.03 bits per heavy atom. The van der Waals surface area contributed by atoms with Gasteiger partial charge in [-0.15, -0.1) is 0 Å². The Balaban J connectivity index is 1.66. The molecule has 1 aliphatic carbocycles. The number of H-pyrrole nitrogens is 1. The third-order valence-electron chi connectivity index (χ3n) is 7.58. The van der Waals surface area contributed by atoms with E-state index in [-0.39, 0.29) is 16.9 Å². The van der Waals surface area contributed by atoms with Crippen molar-refractivity contribution in [2.24, 2.45) is 5.92 Å². The zero-order valence-corrected chi connectivity index (χ0v) is 19.8. The fourth-order valence-electron chi connectivity index (χ4n) is 5.58. The molecule has 2 atom stereocenters. The number of benzene rings is 1. The van der Waals surface area contributed by atoms with Crippen molar-refractivity contribution in [2.45, 2.75) is 96.5 Å². The average Bonchev–Trinajstić information content (AvgIpc) is 3.25. The molecule has 2 aromatic rings. The summed E-state index contributed by atoms with van der Waals surface area (Å²) < 4.78 is 6.56. The summed E-state index contributed by atoms with van der Waals surface area (Å²) in [6, 6.07) is 4.21. The van der Waals surface area contributed by atoms with Crippen molar-refractivity contribution in [3.05, 3.63) is 47.6 Å². The molecule has 0 saturated heterocycles. The zero-order chi connectivity index (χ0) is 22.2. The predicted molar refractivity (Wildman–Crippen MR) is 127 cm³/mol. The lowest BCUT2D eigenvalue weighted by atomic mass is 9.66. The highest BCUT2D eigenvalue weighted by molar-refractivity contribution is 5.66. The molecule has 0 spiro atoms. The average molecular weight is 423 g/mol. The van der Waals surface area contributed by atoms with E-state index in [1.807, 2.05) is 12.3 Å². The number of imidazole rings is 1. The van der Waals surface area contributed by atoms with Gasteiger partial charge in [0, 0.05) is 17.4 Å². The maximum Gasteiger partial charge on any atom is 0.127 e. The summed E-state index contributed by atoms with van der Waals surface area (Å²) in [4.78, 5) is 7.44. The van der Waals surface area contributed by atoms with E-state index in [1.54, 1.807) is 6.33 Å². The minimum atomic E-state index is -0.274. The Morgan fingerprint density at radius 3 is 2.74 bits per heavy atom. The molecule has 31 heavy (non-hydrogen) atoms. The van der Waals surface area contributed by atoms with E-state index >= 15 is 0 Å². The summed E-state index contributed by atoms with van der Waals surface area (Å²) in [6.07, 6.45) is 13.9. The van der Waals surface area contributed by atoms with Gasteiger partial charge < -0.3 is 14.8 Å². The number of nitrogens with zero attached hydrogens (tertiary/aromatic N) is 1. The molecule has 168 valence electrons. The van der Waals surface area contributed by atoms with Crippen LogP contribution in [0.25, 0.3) is 5.57 Å². The van der Waals surface area contributed by atoms with Crippen LogP contribution in [0.1, 0.15) is 102 Å². The lowest BCUT2D eigenvalue weighted by Crippen LogP contribution is -2.45. The Hall–Kier alpha value is -2.23. The Kier molecular flexibility index (Phi) is 5.93. The van der Waals surface area contributed by atoms with Crippen LogP contribution in [0, 0.1) is 5.92 Å². The zero-order valence-electron chi connectivity index (χ0n) is 19.8. The molecule has 2 heterocycles. The number of aromatic nitrogens is 2. The molecule has 0 bridgehead atoms. The van der Waals surface area contributed by atoms with Gasteiger partial charge in [0.05, 0.1) is 18.2 Å². The molecule has 1 aromatic heterocycles. The molecule has 4 rings (SSSR count). The smallest absolute Gasteiger partial charge is 0.127 e. The van der Waals surface area contributed by atoms with Crippen LogP contribution in [0.3, 0.4) is 0 Å². The SMILES string of the molecule is CCCCCCC(C)(C)c1cc(O)c2c(c1)OC(C)(C)[C@@H]1CC=C(c3cnc[nH]3)C[C@@H]21. The predicted octanol–water partition coefficient (Wildman–Crippen LogP) is 7.11. The van der Waals surface area contributed by atoms with Crippen LogP contribution in [0.15, 0.2) is 30.7 Å². The van der Waals surface area contributed by atoms with Gasteiger partial charge >= 0.3 is 0 Å². The number of aromatic hydroxyl groups is 1. The van der Waals surface area contributed by atoms with Crippen LogP contribution in [-0.4, -0.2) is 20.7 Å². The van der Waals surface area contributed by atoms with Gasteiger partial charge in [-0.2, -0.15) is 0 Å². The molecule has 4 nitrogen and oxygen atoms in total. The van der Waals surface area contributed by atoms with Gasteiger partial charge in [-0.1, -0.05) is 52.5 Å². The van der Waals surface area contributed by atoms with Crippen molar-refractivity contribution in [1.29, 1.82) is 0 Å². The van der Waals surface area contributed by atoms with E-state index in [2.05, 4.69) is 56.7 Å². The van der Waals surface area contributed by atoms with Crippen molar-refractivity contribution in [1.82, 2.24) is 9.97 Å². The lowest BCUT2D eigenvalue weighted by Gasteiger charge is -2.47. The second-order valence-corrected chi connectivity index (χ2v) is 10.7. The van der Waals surface area contributed by atoms with Crippen molar-refractivity contribution < 1.29 is 9.84 Å². The maximum atomic E-state index is 11.2. The summed E-state index contributed by atoms with van der Waals surface area (Å²) in [5.74, 6) is 1.84. The van der Waals surface area contributed by atoms with Crippen LogP contribution in [0.5, 0.6) is 11.5 Å². The first-order chi connectivity index (χ1) is 14.7. The molecule has 1 aromatic carbocycles. The van der Waals surface area contributed by atoms with Crippen LogP contribution >= 0.6 is 0 Å². The van der Waals surface area contributed by atoms with Gasteiger partial charge in [0.25, 0.3) is 0 Å². The minimum Gasteiger partial charge on any atom is -0.508 e. The fourth-order valence-corrected chi connectivity index (χ4v) is 5.58. The molecule has 0 amide bonds. The van der Waals surface area contributed by atoms with Crippen molar-refractivity contribution in [3.8, 4) is 11.5 Å². The Morgan fingerprint density at radius 1 is 1.23 bits per heavy atom. The number of nitrogens with one attached hydrogen (secondary N) is 1. The molecule has 0 saturated carbocycles. The van der Waals surface area contributed by atoms with Gasteiger partial charge in [-0.3, -0.25) is 0 Å². The van der Waals surface area contributed by atoms with Crippen LogP contribution in [-0.2, 0) is 5.41 Å². The largest absolute Gasteiger partial charge is 0.508 e. The fraction of sp³-hybridized carbons (Fsp3) is 0.593. The summed E-state index contributed by atoms with van der Waals surface area (Å²) in [5, 5.41) is 11.2. The molecule has 0 radical (unpaired) electrons. The molecular weight excluding hydrogens is 384 g/mol. The van der Waals surface area contributed by atoms with E-state index < -0.39 is 0 Å². The Bertz CT molecular complexity index is 940. The van der Waals surface area contributed by atoms with Crippen molar-refractivity contribution in [3.63, 3.8) is 0 Å². The van der Waals surface area contributed by atoms with Crippen molar-refractivity contribution in [2.75, 3.05) is 0 Å². The number of phenolic OH excluding ortho intramolecular Hbond substituents is 1. The molecule has 0 unspecified atom stereocenters. The van der Waals surface area contributed by atoms with Gasteiger partial charge in [-0.05, 0) is 61.8 Å². The molecule has 4 heteroatoms. The topological polar surface area (TPSA) is 58.1 Å². The van der Waals surface area contributed by atoms with E-state index in [1.165, 1.54) is 36.8 Å². The highest BCUT2D eigenvalue weighted by Crippen LogP contribution is 2.55. The summed E-state index contributed by atoms with van der Waals surface area (Å²) >= 11 is 0. The summed E-state index contributed by atoms with van der Waals surface area (Å²) in [5.41, 5.74) is 4.26. The number of rotatable bonds is 7. The summed E-state index contributed by atoms with van der Waals surface area (Å²) in [6.45, 7) is 11.2. The second kappa shape index (κ2) is 8.37. The van der Waals surface area contributed by atoms with E-state index in [0.29, 0.717) is 11.7 Å². The standard InChI is InChI=1S/C27H38N2O2/c1-6-7-8-9-12-26(2,3)19-14-23(30)25-20-13-18(22-16-28-17-29-22)10-11-21(20)27(4,5)31-24(25)15-19/h10,14-17,20-21,30H,6-9,11-13H2,1-5H3,(H,28,29)/t20-,21-/m1/s1. The third kappa shape index (κ3) is 4.26. The second-order valence-electron chi connectivity index (χ2n) is 10.7. The van der Waals surface area contributed by atoms with E-state index in [4.69, 9.17) is 4.74 Å². The number of phenols is 1. The van der Waals surface area contributed by atoms with Crippen LogP contribution < -0.4 is 4.74 Å². The molecule has 2 aliphatic rings. The molecule has 1 aliphatic heterocycles. The minimum absolute atomic E-state index is 0.0121. The van der Waals surface area contributed by atoms with Gasteiger partial charge in [0.15, 0.2) is 0 Å². The van der Waals surface area contributed by atoms with Crippen LogP contribution in [0.4, 0.5) is 0 Å². The number of ether oxygens (including phenoxy) is 1. The normalized spacial score (nSPS) is 22.3. The number of fused-ring (bicyclic) bond motifs is 3. The van der Waals surface area contributed by atoms with Gasteiger partial charge in [-0.25, -0.2) is 4.98 Å². The third-order valence-corrected chi connectivity index (χ3v) is 7.58. The highest BCUT2D eigenvalue weighted by atomic mass is 16.5. The molecule has 0 fully saturated rings. The number of hydrogen-bond acceptors (Lipinski definition) is 3. The molecule has 2 N–H and O–H groups in total. The number of hydrogen-bond donors (Lipinski definition) is 2. The van der Waals surface area contributed by atoms with Crippen molar-refractivity contribution >= 4 is 5.57 Å². The number of aromatic amines is 1. The highest BCUT2D eigenvalue weighted by Gasteiger charge is 2.46. The van der Waals surface area contributed by atoms with Gasteiger partial charge in [0.2, 0.25) is 0 Å². The summed E-state index contributed by atoms with van der Waals surface area (Å²) in [7, 11) is 0. The number of allylic oxidation sites excluding steroid dienone is 2. The lowest BCUT2D eigenvalue weighted by molar-refractivity contribution is 0.00908.